The van der Waals surface area contributed by atoms with Crippen molar-refractivity contribution in [1.82, 2.24) is 14.9 Å². The first kappa shape index (κ1) is 18.4. The molecule has 1 fully saturated rings. The van der Waals surface area contributed by atoms with Crippen LogP contribution >= 0.6 is 12.4 Å². The lowest BCUT2D eigenvalue weighted by Crippen LogP contribution is -2.43. The minimum atomic E-state index is -0.0233. The van der Waals surface area contributed by atoms with Crippen LogP contribution in [0.4, 0.5) is 5.69 Å². The molecule has 2 N–H and O–H groups in total. The van der Waals surface area contributed by atoms with E-state index in [4.69, 9.17) is 4.74 Å². The Morgan fingerprint density at radius 2 is 2.12 bits per heavy atom. The third-order valence-corrected chi connectivity index (χ3v) is 4.30. The van der Waals surface area contributed by atoms with Gasteiger partial charge in [0.25, 0.3) is 0 Å². The van der Waals surface area contributed by atoms with Crippen molar-refractivity contribution in [2.75, 3.05) is 25.1 Å². The maximum absolute atomic E-state index is 12.2. The van der Waals surface area contributed by atoms with E-state index in [9.17, 15) is 4.79 Å². The Labute approximate surface area is 158 Å². The molecule has 1 aliphatic rings. The van der Waals surface area contributed by atoms with E-state index in [0.717, 1.165) is 29.0 Å². The molecule has 1 aliphatic heterocycles. The van der Waals surface area contributed by atoms with Crippen molar-refractivity contribution in [2.24, 2.45) is 0 Å². The van der Waals surface area contributed by atoms with E-state index in [1.165, 1.54) is 0 Å². The largest absolute Gasteiger partial charge is 0.378 e. The number of amides is 1. The Morgan fingerprint density at radius 3 is 2.88 bits per heavy atom. The van der Waals surface area contributed by atoms with Crippen LogP contribution < -0.4 is 10.6 Å². The predicted octanol–water partition coefficient (Wildman–Crippen LogP) is 2.76. The van der Waals surface area contributed by atoms with Crippen LogP contribution in [0.15, 0.2) is 54.9 Å². The Kier molecular flexibility index (Phi) is 5.88. The zero-order valence-corrected chi connectivity index (χ0v) is 15.0. The van der Waals surface area contributed by atoms with Gasteiger partial charge in [0.1, 0.15) is 6.33 Å². The molecular weight excluding hydrogens is 352 g/mol. The highest BCUT2D eigenvalue weighted by molar-refractivity contribution is 5.93. The summed E-state index contributed by atoms with van der Waals surface area (Å²) in [6.07, 6.45) is 2.20. The molecule has 6 nitrogen and oxygen atoms in total. The van der Waals surface area contributed by atoms with Gasteiger partial charge in [0, 0.05) is 30.4 Å². The summed E-state index contributed by atoms with van der Waals surface area (Å²) in [7, 11) is 0. The highest BCUT2D eigenvalue weighted by Crippen LogP contribution is 2.21. The standard InChI is InChI=1S/C19H20N4O2.ClH/c24-19(11-15-12-25-9-8-20-15)22-14-6-7-18-17(10-14)21-13-23(18)16-4-2-1-3-5-16;/h1-7,10,13,15,20H,8-9,11-12H2,(H,22,24);1H. The lowest BCUT2D eigenvalue weighted by atomic mass is 10.2. The van der Waals surface area contributed by atoms with Gasteiger partial charge in [0.15, 0.2) is 0 Å². The minimum Gasteiger partial charge on any atom is -0.378 e. The number of aromatic nitrogens is 2. The number of para-hydroxylation sites is 1. The SMILES string of the molecule is Cl.O=C(CC1COCCN1)Nc1ccc2c(c1)ncn2-c1ccccc1. The van der Waals surface area contributed by atoms with Gasteiger partial charge in [0.2, 0.25) is 5.91 Å². The van der Waals surface area contributed by atoms with Crippen LogP contribution in [-0.2, 0) is 9.53 Å². The summed E-state index contributed by atoms with van der Waals surface area (Å²) in [5.41, 5.74) is 3.67. The van der Waals surface area contributed by atoms with Gasteiger partial charge >= 0.3 is 0 Å². The Morgan fingerprint density at radius 1 is 1.27 bits per heavy atom. The van der Waals surface area contributed by atoms with Gasteiger partial charge in [-0.25, -0.2) is 4.98 Å². The average Bonchev–Trinajstić information content (AvgIpc) is 3.06. The quantitative estimate of drug-likeness (QED) is 0.739. The lowest BCUT2D eigenvalue weighted by Gasteiger charge is -2.23. The highest BCUT2D eigenvalue weighted by Gasteiger charge is 2.17. The first-order valence-corrected chi connectivity index (χ1v) is 8.43. The number of carbonyl (C=O) groups excluding carboxylic acids is 1. The van der Waals surface area contributed by atoms with E-state index in [-0.39, 0.29) is 24.4 Å². The smallest absolute Gasteiger partial charge is 0.226 e. The number of hydrogen-bond acceptors (Lipinski definition) is 4. The molecule has 3 aromatic rings. The molecule has 0 aliphatic carbocycles. The van der Waals surface area contributed by atoms with Gasteiger partial charge in [0.05, 0.1) is 24.2 Å². The number of fused-ring (bicyclic) bond motifs is 1. The van der Waals surface area contributed by atoms with Crippen LogP contribution in [0.3, 0.4) is 0 Å². The summed E-state index contributed by atoms with van der Waals surface area (Å²) < 4.78 is 7.41. The van der Waals surface area contributed by atoms with Crippen molar-refractivity contribution in [2.45, 2.75) is 12.5 Å². The summed E-state index contributed by atoms with van der Waals surface area (Å²) in [5.74, 6) is -0.0233. The number of nitrogens with one attached hydrogen (secondary N) is 2. The number of morpholine rings is 1. The second-order valence-electron chi connectivity index (χ2n) is 6.13. The molecule has 26 heavy (non-hydrogen) atoms. The van der Waals surface area contributed by atoms with E-state index in [1.54, 1.807) is 6.33 Å². The number of rotatable bonds is 4. The summed E-state index contributed by atoms with van der Waals surface area (Å²) in [6.45, 7) is 2.08. The number of anilines is 1. The molecule has 1 aromatic heterocycles. The molecule has 7 heteroatoms. The topological polar surface area (TPSA) is 68.2 Å². The van der Waals surface area contributed by atoms with Crippen molar-refractivity contribution in [3.8, 4) is 5.69 Å². The number of benzene rings is 2. The molecule has 1 atom stereocenters. The number of ether oxygens (including phenoxy) is 1. The molecule has 2 aromatic carbocycles. The Balaban J connectivity index is 0.00000196. The third kappa shape index (κ3) is 4.04. The van der Waals surface area contributed by atoms with E-state index in [0.29, 0.717) is 19.6 Å². The summed E-state index contributed by atoms with van der Waals surface area (Å²) >= 11 is 0. The van der Waals surface area contributed by atoms with Crippen molar-refractivity contribution >= 4 is 35.0 Å². The van der Waals surface area contributed by atoms with Gasteiger partial charge in [-0.05, 0) is 30.3 Å². The fourth-order valence-electron chi connectivity index (χ4n) is 3.07. The van der Waals surface area contributed by atoms with Crippen LogP contribution in [0.5, 0.6) is 0 Å². The number of imidazole rings is 1. The third-order valence-electron chi connectivity index (χ3n) is 4.30. The summed E-state index contributed by atoms with van der Waals surface area (Å²) in [5, 5.41) is 6.23. The van der Waals surface area contributed by atoms with E-state index < -0.39 is 0 Å². The number of nitrogens with zero attached hydrogens (tertiary/aromatic N) is 2. The second kappa shape index (κ2) is 8.31. The number of carbonyl (C=O) groups is 1. The summed E-state index contributed by atoms with van der Waals surface area (Å²) in [6, 6.07) is 15.9. The van der Waals surface area contributed by atoms with Crippen molar-refractivity contribution < 1.29 is 9.53 Å². The monoisotopic (exact) mass is 372 g/mol. The molecule has 1 saturated heterocycles. The zero-order valence-electron chi connectivity index (χ0n) is 14.2. The van der Waals surface area contributed by atoms with Gasteiger partial charge in [-0.15, -0.1) is 12.4 Å². The zero-order chi connectivity index (χ0) is 17.1. The average molecular weight is 373 g/mol. The maximum atomic E-state index is 12.2. The fourth-order valence-corrected chi connectivity index (χ4v) is 3.07. The van der Waals surface area contributed by atoms with E-state index >= 15 is 0 Å². The highest BCUT2D eigenvalue weighted by atomic mass is 35.5. The molecule has 0 bridgehead atoms. The van der Waals surface area contributed by atoms with Gasteiger partial charge in [-0.1, -0.05) is 18.2 Å². The molecule has 1 amide bonds. The molecule has 0 radical (unpaired) electrons. The van der Waals surface area contributed by atoms with Crippen LogP contribution in [-0.4, -0.2) is 41.3 Å². The van der Waals surface area contributed by atoms with Crippen molar-refractivity contribution in [1.29, 1.82) is 0 Å². The Hall–Kier alpha value is -2.41. The maximum Gasteiger partial charge on any atom is 0.226 e. The molecule has 2 heterocycles. The summed E-state index contributed by atoms with van der Waals surface area (Å²) in [4.78, 5) is 16.7. The first-order chi connectivity index (χ1) is 12.3. The van der Waals surface area contributed by atoms with Crippen molar-refractivity contribution in [3.63, 3.8) is 0 Å². The van der Waals surface area contributed by atoms with Gasteiger partial charge in [-0.2, -0.15) is 0 Å². The van der Waals surface area contributed by atoms with E-state index in [1.807, 2.05) is 53.1 Å². The molecule has 0 spiro atoms. The predicted molar refractivity (Wildman–Crippen MR) is 104 cm³/mol. The molecule has 1 unspecified atom stereocenters. The number of hydrogen-bond donors (Lipinski definition) is 2. The minimum absolute atomic E-state index is 0. The molecular formula is C19H21ClN4O2. The van der Waals surface area contributed by atoms with Crippen LogP contribution in [0.1, 0.15) is 6.42 Å². The van der Waals surface area contributed by atoms with Crippen LogP contribution in [0.2, 0.25) is 0 Å². The van der Waals surface area contributed by atoms with E-state index in [2.05, 4.69) is 15.6 Å². The Bertz CT molecular complexity index is 876. The lowest BCUT2D eigenvalue weighted by molar-refractivity contribution is -0.117. The van der Waals surface area contributed by atoms with Gasteiger partial charge in [-0.3, -0.25) is 9.36 Å². The second-order valence-corrected chi connectivity index (χ2v) is 6.13. The normalized spacial score (nSPS) is 16.8. The van der Waals surface area contributed by atoms with Crippen LogP contribution in [0, 0.1) is 0 Å². The van der Waals surface area contributed by atoms with Crippen molar-refractivity contribution in [3.05, 3.63) is 54.9 Å². The fraction of sp³-hybridized carbons (Fsp3) is 0.263. The van der Waals surface area contributed by atoms with Crippen LogP contribution in [0.25, 0.3) is 16.7 Å². The number of halogens is 1. The van der Waals surface area contributed by atoms with Gasteiger partial charge < -0.3 is 15.4 Å². The first-order valence-electron chi connectivity index (χ1n) is 8.43. The molecule has 136 valence electrons. The molecule has 0 saturated carbocycles. The molecule has 4 rings (SSSR count).